The third kappa shape index (κ3) is 3.33. The first-order valence-corrected chi connectivity index (χ1v) is 8.34. The summed E-state index contributed by atoms with van der Waals surface area (Å²) in [7, 11) is 0. The molecule has 0 radical (unpaired) electrons. The summed E-state index contributed by atoms with van der Waals surface area (Å²) in [5.41, 5.74) is 4.86. The number of nitrogens with two attached hydrogens (primary N) is 1. The minimum absolute atomic E-state index is 0.207. The predicted molar refractivity (Wildman–Crippen MR) is 92.2 cm³/mol. The summed E-state index contributed by atoms with van der Waals surface area (Å²) in [5.74, 6) is 0.282. The van der Waals surface area contributed by atoms with Gasteiger partial charge < -0.3 is 16.0 Å². The van der Waals surface area contributed by atoms with E-state index in [-0.39, 0.29) is 11.5 Å². The van der Waals surface area contributed by atoms with E-state index in [2.05, 4.69) is 25.3 Å². The topological polar surface area (TPSA) is 114 Å². The smallest absolute Gasteiger partial charge is 0.368 e. The summed E-state index contributed by atoms with van der Waals surface area (Å²) in [6.07, 6.45) is 0.221. The molecule has 1 amide bonds. The Bertz CT molecular complexity index is 1030. The maximum Gasteiger partial charge on any atom is 0.434 e. The summed E-state index contributed by atoms with van der Waals surface area (Å²) >= 11 is 0. The zero-order chi connectivity index (χ0) is 19.9. The van der Waals surface area contributed by atoms with Crippen molar-refractivity contribution in [2.24, 2.45) is 5.73 Å². The van der Waals surface area contributed by atoms with E-state index in [1.807, 2.05) is 4.90 Å². The molecular weight excluding hydrogens is 377 g/mol. The molecule has 3 N–H and O–H groups in total. The standard InChI is InChI=1S/C16H15F3N8O/c17-16(18,19)11-8-27-10(5-24-13(27)6-23-11)15-22-2-1-12(25-15)26-4-3-21-9(7-26)14(20)28/h1-2,5-6,8-9,21H,3-4,7H2,(H2,20,28). The molecule has 9 nitrogen and oxygen atoms in total. The Hall–Kier alpha value is -3.28. The molecule has 1 aliphatic heterocycles. The second-order valence-electron chi connectivity index (χ2n) is 6.24. The number of carbonyl (C=O) groups is 1. The van der Waals surface area contributed by atoms with Crippen molar-refractivity contribution in [3.05, 3.63) is 36.5 Å². The van der Waals surface area contributed by atoms with Gasteiger partial charge in [-0.2, -0.15) is 13.2 Å². The van der Waals surface area contributed by atoms with Crippen molar-refractivity contribution in [1.29, 1.82) is 0 Å². The Labute approximate surface area is 156 Å². The number of imidazole rings is 1. The van der Waals surface area contributed by atoms with Gasteiger partial charge in [0.1, 0.15) is 17.6 Å². The van der Waals surface area contributed by atoms with Crippen molar-refractivity contribution in [2.75, 3.05) is 24.5 Å². The molecule has 28 heavy (non-hydrogen) atoms. The van der Waals surface area contributed by atoms with Gasteiger partial charge in [0.05, 0.1) is 12.4 Å². The number of rotatable bonds is 3. The molecule has 0 bridgehead atoms. The molecule has 1 atom stereocenters. The first-order chi connectivity index (χ1) is 13.3. The minimum atomic E-state index is -4.58. The van der Waals surface area contributed by atoms with Crippen LogP contribution in [0.25, 0.3) is 17.2 Å². The number of carbonyl (C=O) groups excluding carboxylic acids is 1. The van der Waals surface area contributed by atoms with Crippen LogP contribution in [0.3, 0.4) is 0 Å². The van der Waals surface area contributed by atoms with Gasteiger partial charge in [-0.15, -0.1) is 0 Å². The molecular formula is C16H15F3N8O. The van der Waals surface area contributed by atoms with Crippen molar-refractivity contribution in [1.82, 2.24) is 29.7 Å². The van der Waals surface area contributed by atoms with Crippen LogP contribution in [0, 0.1) is 0 Å². The van der Waals surface area contributed by atoms with Crippen molar-refractivity contribution >= 4 is 17.4 Å². The first-order valence-electron chi connectivity index (χ1n) is 8.34. The zero-order valence-corrected chi connectivity index (χ0v) is 14.4. The van der Waals surface area contributed by atoms with Crippen molar-refractivity contribution < 1.29 is 18.0 Å². The van der Waals surface area contributed by atoms with Crippen LogP contribution in [0.5, 0.6) is 0 Å². The number of amides is 1. The molecule has 0 aromatic carbocycles. The molecule has 3 aromatic heterocycles. The molecule has 146 valence electrons. The Morgan fingerprint density at radius 1 is 1.25 bits per heavy atom. The van der Waals surface area contributed by atoms with Crippen molar-refractivity contribution in [3.63, 3.8) is 0 Å². The highest BCUT2D eigenvalue weighted by Crippen LogP contribution is 2.28. The number of fused-ring (bicyclic) bond motifs is 1. The van der Waals surface area contributed by atoms with Crippen LogP contribution in [-0.2, 0) is 11.0 Å². The van der Waals surface area contributed by atoms with E-state index in [9.17, 15) is 18.0 Å². The predicted octanol–water partition coefficient (Wildman–Crippen LogP) is 0.469. The van der Waals surface area contributed by atoms with Gasteiger partial charge in [-0.05, 0) is 6.07 Å². The van der Waals surface area contributed by atoms with Gasteiger partial charge in [0, 0.05) is 32.0 Å². The number of hydrogen-bond donors (Lipinski definition) is 2. The fourth-order valence-electron chi connectivity index (χ4n) is 3.00. The van der Waals surface area contributed by atoms with Crippen LogP contribution < -0.4 is 16.0 Å². The molecule has 0 saturated carbocycles. The largest absolute Gasteiger partial charge is 0.434 e. The van der Waals surface area contributed by atoms with E-state index in [0.717, 1.165) is 12.4 Å². The number of primary amides is 1. The minimum Gasteiger partial charge on any atom is -0.368 e. The SMILES string of the molecule is NC(=O)C1CN(c2ccnc(-c3cnc4cnc(C(F)(F)F)cn34)n2)CCN1. The number of piperazine rings is 1. The van der Waals surface area contributed by atoms with E-state index in [0.29, 0.717) is 31.1 Å². The van der Waals surface area contributed by atoms with Crippen LogP contribution >= 0.6 is 0 Å². The third-order valence-corrected chi connectivity index (χ3v) is 4.40. The van der Waals surface area contributed by atoms with E-state index >= 15 is 0 Å². The number of anilines is 1. The number of halogens is 3. The van der Waals surface area contributed by atoms with E-state index in [1.165, 1.54) is 16.8 Å². The Morgan fingerprint density at radius 3 is 2.82 bits per heavy atom. The number of hydrogen-bond acceptors (Lipinski definition) is 7. The Kier molecular flexibility index (Phi) is 4.34. The second kappa shape index (κ2) is 6.71. The molecule has 1 fully saturated rings. The average Bonchev–Trinajstić information content (AvgIpc) is 3.11. The highest BCUT2D eigenvalue weighted by atomic mass is 19.4. The van der Waals surface area contributed by atoms with Gasteiger partial charge >= 0.3 is 6.18 Å². The molecule has 3 aromatic rings. The summed E-state index contributed by atoms with van der Waals surface area (Å²) in [6.45, 7) is 1.47. The number of nitrogens with one attached hydrogen (secondary N) is 1. The van der Waals surface area contributed by atoms with E-state index in [4.69, 9.17) is 5.73 Å². The lowest BCUT2D eigenvalue weighted by atomic mass is 10.2. The molecule has 0 aliphatic carbocycles. The highest BCUT2D eigenvalue weighted by Gasteiger charge is 2.33. The first kappa shape index (κ1) is 18.1. The van der Waals surface area contributed by atoms with Gasteiger partial charge in [-0.25, -0.2) is 19.9 Å². The van der Waals surface area contributed by atoms with Crippen molar-refractivity contribution in [2.45, 2.75) is 12.2 Å². The number of alkyl halides is 3. The van der Waals surface area contributed by atoms with Gasteiger partial charge in [-0.1, -0.05) is 0 Å². The second-order valence-corrected chi connectivity index (χ2v) is 6.24. The van der Waals surface area contributed by atoms with Crippen LogP contribution in [0.4, 0.5) is 19.0 Å². The van der Waals surface area contributed by atoms with Crippen LogP contribution in [0.2, 0.25) is 0 Å². The Morgan fingerprint density at radius 2 is 2.07 bits per heavy atom. The van der Waals surface area contributed by atoms with E-state index in [1.54, 1.807) is 6.07 Å². The lowest BCUT2D eigenvalue weighted by Gasteiger charge is -2.32. The van der Waals surface area contributed by atoms with Gasteiger partial charge in [0.2, 0.25) is 5.91 Å². The molecule has 4 heterocycles. The summed E-state index contributed by atoms with van der Waals surface area (Å²) in [4.78, 5) is 29.4. The number of nitrogens with zero attached hydrogens (tertiary/aromatic N) is 6. The summed E-state index contributed by atoms with van der Waals surface area (Å²) in [5, 5.41) is 3.02. The third-order valence-electron chi connectivity index (χ3n) is 4.40. The number of aromatic nitrogens is 5. The van der Waals surface area contributed by atoms with Crippen LogP contribution in [-0.4, -0.2) is 55.9 Å². The van der Waals surface area contributed by atoms with E-state index < -0.39 is 23.8 Å². The van der Waals surface area contributed by atoms with Crippen LogP contribution in [0.1, 0.15) is 5.69 Å². The van der Waals surface area contributed by atoms with Crippen LogP contribution in [0.15, 0.2) is 30.9 Å². The van der Waals surface area contributed by atoms with Crippen molar-refractivity contribution in [3.8, 4) is 11.5 Å². The summed E-state index contributed by atoms with van der Waals surface area (Å²) in [6, 6.07) is 1.15. The zero-order valence-electron chi connectivity index (χ0n) is 14.4. The molecule has 1 saturated heterocycles. The lowest BCUT2D eigenvalue weighted by Crippen LogP contribution is -2.56. The lowest BCUT2D eigenvalue weighted by molar-refractivity contribution is -0.141. The molecule has 12 heteroatoms. The van der Waals surface area contributed by atoms with Gasteiger partial charge in [0.25, 0.3) is 0 Å². The summed E-state index contributed by atoms with van der Waals surface area (Å²) < 4.78 is 40.2. The van der Waals surface area contributed by atoms with Gasteiger partial charge in [0.15, 0.2) is 17.2 Å². The Balaban J connectivity index is 1.71. The monoisotopic (exact) mass is 392 g/mol. The fraction of sp³-hybridized carbons (Fsp3) is 0.312. The molecule has 1 aliphatic rings. The maximum absolute atomic E-state index is 13.0. The van der Waals surface area contributed by atoms with Gasteiger partial charge in [-0.3, -0.25) is 9.20 Å². The average molecular weight is 392 g/mol. The molecule has 0 spiro atoms. The molecule has 1 unspecified atom stereocenters. The molecule has 4 rings (SSSR count). The fourth-order valence-corrected chi connectivity index (χ4v) is 3.00. The highest BCUT2D eigenvalue weighted by molar-refractivity contribution is 5.81. The maximum atomic E-state index is 13.0. The quantitative estimate of drug-likeness (QED) is 0.666. The normalized spacial score (nSPS) is 17.8.